The van der Waals surface area contributed by atoms with Crippen molar-refractivity contribution in [2.24, 2.45) is 17.3 Å². The predicted octanol–water partition coefficient (Wildman–Crippen LogP) is 4.00. The molecule has 1 aliphatic heterocycles. The standard InChI is InChI=1S/C32H49FN4O3/c1-31(2,3)36-30(40)32(24-8-6-5-7-9-24)16-14-23(15-17-32)28(38)26(20-22-10-12-25(33)13-11-22)35-29(39)27-21-37(4)19-18-34-27/h10-13,23-24,26-27,34H,5-9,14-21H2,1-4H3,(H,35,39)(H,36,40)/t23?,26-,27+,32?/m1/s1. The van der Waals surface area contributed by atoms with Gasteiger partial charge in [-0.3, -0.25) is 14.4 Å². The summed E-state index contributed by atoms with van der Waals surface area (Å²) in [6, 6.07) is 5.07. The Kier molecular flexibility index (Phi) is 10.0. The van der Waals surface area contributed by atoms with Crippen LogP contribution in [0.15, 0.2) is 24.3 Å². The Morgan fingerprint density at radius 3 is 2.30 bits per heavy atom. The van der Waals surface area contributed by atoms with Crippen LogP contribution in [0.2, 0.25) is 0 Å². The molecular formula is C32H49FN4O3. The summed E-state index contributed by atoms with van der Waals surface area (Å²) in [5.41, 5.74) is 0.0687. The van der Waals surface area contributed by atoms with Gasteiger partial charge in [-0.2, -0.15) is 0 Å². The SMILES string of the molecule is CN1CCN[C@H](C(=O)N[C@H](Cc2ccc(F)cc2)C(=O)C2CCC(C(=O)NC(C)(C)C)(C3CCCCC3)CC2)C1. The van der Waals surface area contributed by atoms with Gasteiger partial charge in [-0.25, -0.2) is 4.39 Å². The Labute approximate surface area is 239 Å². The van der Waals surface area contributed by atoms with Gasteiger partial charge in [0.15, 0.2) is 5.78 Å². The number of nitrogens with one attached hydrogen (secondary N) is 3. The average Bonchev–Trinajstić information content (AvgIpc) is 2.93. The summed E-state index contributed by atoms with van der Waals surface area (Å²) in [5.74, 6) is -0.207. The number of piperazine rings is 1. The van der Waals surface area contributed by atoms with Crippen molar-refractivity contribution < 1.29 is 18.8 Å². The van der Waals surface area contributed by atoms with Crippen LogP contribution >= 0.6 is 0 Å². The first-order chi connectivity index (χ1) is 19.0. The number of nitrogens with zero attached hydrogens (tertiary/aromatic N) is 1. The quantitative estimate of drug-likeness (QED) is 0.451. The van der Waals surface area contributed by atoms with Gasteiger partial charge in [-0.1, -0.05) is 31.4 Å². The number of Topliss-reactive ketones (excluding diaryl/α,β-unsaturated/α-hetero) is 1. The Balaban J connectivity index is 1.50. The molecule has 2 atom stereocenters. The fourth-order valence-corrected chi connectivity index (χ4v) is 7.07. The lowest BCUT2D eigenvalue weighted by Gasteiger charge is -2.47. The molecule has 7 nitrogen and oxygen atoms in total. The summed E-state index contributed by atoms with van der Waals surface area (Å²) in [6.45, 7) is 8.24. The van der Waals surface area contributed by atoms with Gasteiger partial charge in [-0.15, -0.1) is 0 Å². The number of benzene rings is 1. The van der Waals surface area contributed by atoms with Crippen LogP contribution in [0, 0.1) is 23.1 Å². The van der Waals surface area contributed by atoms with Gasteiger partial charge in [0.1, 0.15) is 5.82 Å². The maximum atomic E-state index is 14.0. The van der Waals surface area contributed by atoms with Crippen LogP contribution in [0.1, 0.15) is 84.1 Å². The van der Waals surface area contributed by atoms with Gasteiger partial charge in [0.25, 0.3) is 0 Å². The topological polar surface area (TPSA) is 90.5 Å². The molecule has 222 valence electrons. The zero-order valence-electron chi connectivity index (χ0n) is 24.9. The highest BCUT2D eigenvalue weighted by molar-refractivity contribution is 5.93. The fourth-order valence-electron chi connectivity index (χ4n) is 7.07. The van der Waals surface area contributed by atoms with Crippen LogP contribution in [0.5, 0.6) is 0 Å². The van der Waals surface area contributed by atoms with E-state index in [2.05, 4.69) is 20.9 Å². The summed E-state index contributed by atoms with van der Waals surface area (Å²) >= 11 is 0. The third-order valence-corrected chi connectivity index (χ3v) is 9.32. The van der Waals surface area contributed by atoms with E-state index in [9.17, 15) is 18.8 Å². The van der Waals surface area contributed by atoms with Gasteiger partial charge in [-0.05, 0) is 96.4 Å². The summed E-state index contributed by atoms with van der Waals surface area (Å²) < 4.78 is 13.6. The van der Waals surface area contributed by atoms with E-state index in [1.165, 1.54) is 18.6 Å². The Bertz CT molecular complexity index is 1020. The maximum absolute atomic E-state index is 14.0. The van der Waals surface area contributed by atoms with Crippen molar-refractivity contribution in [3.05, 3.63) is 35.6 Å². The zero-order valence-corrected chi connectivity index (χ0v) is 24.9. The number of ketones is 1. The van der Waals surface area contributed by atoms with E-state index in [1.807, 2.05) is 27.8 Å². The second kappa shape index (κ2) is 13.1. The molecule has 1 aromatic rings. The second-order valence-electron chi connectivity index (χ2n) is 13.5. The number of amides is 2. The molecule has 1 aromatic carbocycles. The number of carbonyl (C=O) groups is 3. The molecule has 2 aliphatic carbocycles. The van der Waals surface area contributed by atoms with Crippen molar-refractivity contribution in [3.63, 3.8) is 0 Å². The van der Waals surface area contributed by atoms with Crippen molar-refractivity contribution in [2.45, 2.75) is 103 Å². The Morgan fingerprint density at radius 2 is 1.70 bits per heavy atom. The molecule has 3 fully saturated rings. The van der Waals surface area contributed by atoms with Crippen molar-refractivity contribution in [1.29, 1.82) is 0 Å². The Morgan fingerprint density at radius 1 is 1.05 bits per heavy atom. The molecule has 4 rings (SSSR count). The van der Waals surface area contributed by atoms with Gasteiger partial charge in [0.2, 0.25) is 11.8 Å². The van der Waals surface area contributed by atoms with Gasteiger partial charge < -0.3 is 20.9 Å². The summed E-state index contributed by atoms with van der Waals surface area (Å²) in [5, 5.41) is 9.59. The summed E-state index contributed by atoms with van der Waals surface area (Å²) in [7, 11) is 1.98. The van der Waals surface area contributed by atoms with Gasteiger partial charge >= 0.3 is 0 Å². The first-order valence-corrected chi connectivity index (χ1v) is 15.3. The van der Waals surface area contributed by atoms with E-state index >= 15 is 0 Å². The molecule has 2 saturated carbocycles. The molecule has 0 aromatic heterocycles. The molecule has 3 N–H and O–H groups in total. The number of carbonyl (C=O) groups excluding carboxylic acids is 3. The third kappa shape index (κ3) is 7.69. The molecule has 0 bridgehead atoms. The molecule has 1 saturated heterocycles. The van der Waals surface area contributed by atoms with Crippen LogP contribution in [-0.4, -0.2) is 66.8 Å². The maximum Gasteiger partial charge on any atom is 0.239 e. The second-order valence-corrected chi connectivity index (χ2v) is 13.5. The minimum atomic E-state index is -0.692. The molecular weight excluding hydrogens is 507 g/mol. The molecule has 1 heterocycles. The number of rotatable bonds is 8. The molecule has 2 amide bonds. The first-order valence-electron chi connectivity index (χ1n) is 15.3. The fraction of sp³-hybridized carbons (Fsp3) is 0.719. The van der Waals surface area contributed by atoms with Crippen molar-refractivity contribution >= 4 is 17.6 Å². The van der Waals surface area contributed by atoms with E-state index in [0.29, 0.717) is 51.1 Å². The molecule has 0 spiro atoms. The lowest BCUT2D eigenvalue weighted by molar-refractivity contribution is -0.143. The highest BCUT2D eigenvalue weighted by atomic mass is 19.1. The minimum absolute atomic E-state index is 0.0234. The zero-order chi connectivity index (χ0) is 28.9. The third-order valence-electron chi connectivity index (χ3n) is 9.32. The number of halogens is 1. The molecule has 0 unspecified atom stereocenters. The summed E-state index contributed by atoms with van der Waals surface area (Å²) in [6.07, 6.45) is 8.70. The highest BCUT2D eigenvalue weighted by Gasteiger charge is 2.49. The molecule has 8 heteroatoms. The van der Waals surface area contributed by atoms with E-state index in [-0.39, 0.29) is 40.9 Å². The van der Waals surface area contributed by atoms with Crippen LogP contribution in [-0.2, 0) is 20.8 Å². The van der Waals surface area contributed by atoms with Crippen LogP contribution < -0.4 is 16.0 Å². The molecule has 3 aliphatic rings. The average molecular weight is 557 g/mol. The number of hydrogen-bond acceptors (Lipinski definition) is 5. The smallest absolute Gasteiger partial charge is 0.239 e. The lowest BCUT2D eigenvalue weighted by atomic mass is 9.58. The van der Waals surface area contributed by atoms with Crippen LogP contribution in [0.25, 0.3) is 0 Å². The number of likely N-dealkylation sites (N-methyl/N-ethyl adjacent to an activating group) is 1. The van der Waals surface area contributed by atoms with Crippen molar-refractivity contribution in [3.8, 4) is 0 Å². The van der Waals surface area contributed by atoms with E-state index in [4.69, 9.17) is 0 Å². The first kappa shape index (κ1) is 30.6. The Hall–Kier alpha value is -2.32. The molecule has 40 heavy (non-hydrogen) atoms. The van der Waals surface area contributed by atoms with Gasteiger partial charge in [0.05, 0.1) is 17.5 Å². The lowest BCUT2D eigenvalue weighted by Crippen LogP contribution is -2.59. The predicted molar refractivity (Wildman–Crippen MR) is 155 cm³/mol. The summed E-state index contributed by atoms with van der Waals surface area (Å²) in [4.78, 5) is 43.1. The van der Waals surface area contributed by atoms with Crippen molar-refractivity contribution in [1.82, 2.24) is 20.9 Å². The normalized spacial score (nSPS) is 27.5. The van der Waals surface area contributed by atoms with E-state index in [0.717, 1.165) is 37.8 Å². The largest absolute Gasteiger partial charge is 0.351 e. The van der Waals surface area contributed by atoms with Crippen molar-refractivity contribution in [2.75, 3.05) is 26.7 Å². The van der Waals surface area contributed by atoms with E-state index < -0.39 is 11.5 Å². The monoisotopic (exact) mass is 556 g/mol. The van der Waals surface area contributed by atoms with E-state index in [1.54, 1.807) is 12.1 Å². The molecule has 0 radical (unpaired) electrons. The van der Waals surface area contributed by atoms with Crippen LogP contribution in [0.3, 0.4) is 0 Å². The van der Waals surface area contributed by atoms with Crippen LogP contribution in [0.4, 0.5) is 4.39 Å². The number of hydrogen-bond donors (Lipinski definition) is 3. The minimum Gasteiger partial charge on any atom is -0.351 e. The van der Waals surface area contributed by atoms with Gasteiger partial charge in [0, 0.05) is 31.1 Å². The highest BCUT2D eigenvalue weighted by Crippen LogP contribution is 2.50.